The molecule has 0 unspecified atom stereocenters. The van der Waals surface area contributed by atoms with Crippen LogP contribution in [0.4, 0.5) is 39.5 Å². The van der Waals surface area contributed by atoms with Crippen LogP contribution in [0.3, 0.4) is 0 Å². The van der Waals surface area contributed by atoms with Gasteiger partial charge >= 0.3 is 18.5 Å². The molecule has 7 aromatic carbocycles. The van der Waals surface area contributed by atoms with Crippen LogP contribution in [-0.2, 0) is 18.5 Å². The maximum atomic E-state index is 14.3. The van der Waals surface area contributed by atoms with Crippen molar-refractivity contribution in [3.05, 3.63) is 162 Å². The molecule has 0 amide bonds. The van der Waals surface area contributed by atoms with E-state index in [1.54, 1.807) is 0 Å². The van der Waals surface area contributed by atoms with E-state index >= 15 is 0 Å². The Morgan fingerprint density at radius 2 is 0.364 bits per heavy atom. The molecule has 0 N–H and O–H groups in total. The SMILES string of the molecule is C[Si](C)(C)c1ccc(-c2c(-c3ccc(C(F)(F)F)cc3)c(-c3ccc([Si](C)(C)C)cc3)c(-c3ccc(C(F)(F)F)cc3)c(-c3ccc([Si](C)(C)C)cc3)c2-c2ccc(C(F)(F)F)cc2)cc1. The Morgan fingerprint density at radius 1 is 0.227 bits per heavy atom. The summed E-state index contributed by atoms with van der Waals surface area (Å²) >= 11 is 0. The van der Waals surface area contributed by atoms with Gasteiger partial charge in [-0.1, -0.05) is 184 Å². The van der Waals surface area contributed by atoms with Gasteiger partial charge in [-0.3, -0.25) is 0 Å². The van der Waals surface area contributed by atoms with Gasteiger partial charge < -0.3 is 0 Å². The number of hydrogen-bond donors (Lipinski definition) is 0. The topological polar surface area (TPSA) is 0 Å². The molecular weight excluding hydrogens is 904 g/mol. The van der Waals surface area contributed by atoms with Gasteiger partial charge in [0.05, 0.1) is 40.9 Å². The summed E-state index contributed by atoms with van der Waals surface area (Å²) in [6.45, 7) is 19.8. The first-order valence-electron chi connectivity index (χ1n) is 21.6. The zero-order chi connectivity index (χ0) is 48.4. The quantitative estimate of drug-likeness (QED) is 0.0999. The highest BCUT2D eigenvalue weighted by atomic mass is 28.3. The lowest BCUT2D eigenvalue weighted by Gasteiger charge is -2.30. The largest absolute Gasteiger partial charge is 0.416 e. The van der Waals surface area contributed by atoms with E-state index in [4.69, 9.17) is 0 Å². The molecular formula is C54H51F9Si3. The first-order chi connectivity index (χ1) is 30.5. The number of halogens is 9. The molecule has 0 aliphatic carbocycles. The fraction of sp³-hybridized carbons (Fsp3) is 0.222. The lowest BCUT2D eigenvalue weighted by molar-refractivity contribution is -0.138. The molecule has 0 nitrogen and oxygen atoms in total. The monoisotopic (exact) mass is 954 g/mol. The van der Waals surface area contributed by atoms with Crippen LogP contribution in [0.15, 0.2) is 146 Å². The summed E-state index contributed by atoms with van der Waals surface area (Å²) in [5, 5.41) is 3.39. The molecule has 0 atom stereocenters. The Bertz CT molecular complexity index is 2300. The molecule has 0 saturated heterocycles. The number of benzene rings is 7. The first kappa shape index (κ1) is 48.5. The fourth-order valence-electron chi connectivity index (χ4n) is 8.37. The van der Waals surface area contributed by atoms with Gasteiger partial charge in [0.25, 0.3) is 0 Å². The molecule has 0 bridgehead atoms. The van der Waals surface area contributed by atoms with Crippen LogP contribution in [0.25, 0.3) is 66.8 Å². The molecule has 0 saturated carbocycles. The van der Waals surface area contributed by atoms with Gasteiger partial charge in [0.1, 0.15) is 0 Å². The van der Waals surface area contributed by atoms with E-state index in [0.29, 0.717) is 66.8 Å². The van der Waals surface area contributed by atoms with Crippen LogP contribution in [0, 0.1) is 0 Å². The maximum absolute atomic E-state index is 14.3. The third-order valence-corrected chi connectivity index (χ3v) is 18.3. The molecule has 66 heavy (non-hydrogen) atoms. The van der Waals surface area contributed by atoms with Crippen molar-refractivity contribution in [3.8, 4) is 66.8 Å². The predicted octanol–water partition coefficient (Wildman–Crippen LogP) is 16.4. The van der Waals surface area contributed by atoms with Crippen molar-refractivity contribution in [1.29, 1.82) is 0 Å². The van der Waals surface area contributed by atoms with E-state index in [2.05, 4.69) is 58.9 Å². The minimum absolute atomic E-state index is 0.374. The van der Waals surface area contributed by atoms with E-state index in [0.717, 1.165) is 52.0 Å². The minimum Gasteiger partial charge on any atom is -0.166 e. The maximum Gasteiger partial charge on any atom is 0.416 e. The summed E-state index contributed by atoms with van der Waals surface area (Å²) in [5.74, 6) is 0. The Balaban J connectivity index is 1.80. The van der Waals surface area contributed by atoms with Crippen LogP contribution >= 0.6 is 0 Å². The smallest absolute Gasteiger partial charge is 0.166 e. The molecule has 0 heterocycles. The van der Waals surface area contributed by atoms with Crippen molar-refractivity contribution in [2.75, 3.05) is 0 Å². The standard InChI is InChI=1S/C54H51F9Si3/c1-64(2,3)43-28-16-37(17-29-43)49-46(34-10-22-40(23-11-34)52(55,56)57)50(38-18-30-44(31-19-38)65(4,5)6)48(36-14-26-42(27-15-36)54(61,62)63)51(39-20-32-45(33-21-39)66(7,8)9)47(49)35-12-24-41(25-13-35)53(58,59)60/h10-33H,1-9H3. The highest BCUT2D eigenvalue weighted by Gasteiger charge is 2.35. The van der Waals surface area contributed by atoms with E-state index in [-0.39, 0.29) is 0 Å². The van der Waals surface area contributed by atoms with Crippen LogP contribution in [0.2, 0.25) is 58.9 Å². The number of hydrogen-bond acceptors (Lipinski definition) is 0. The number of rotatable bonds is 9. The fourth-order valence-corrected chi connectivity index (χ4v) is 11.9. The molecule has 342 valence electrons. The lowest BCUT2D eigenvalue weighted by atomic mass is 9.74. The van der Waals surface area contributed by atoms with E-state index in [1.807, 2.05) is 72.8 Å². The van der Waals surface area contributed by atoms with Crippen LogP contribution in [0.1, 0.15) is 16.7 Å². The first-order valence-corrected chi connectivity index (χ1v) is 32.1. The average Bonchev–Trinajstić information content (AvgIpc) is 3.24. The van der Waals surface area contributed by atoms with Crippen molar-refractivity contribution >= 4 is 39.8 Å². The van der Waals surface area contributed by atoms with Gasteiger partial charge in [-0.05, 0) is 103 Å². The van der Waals surface area contributed by atoms with Crippen molar-refractivity contribution in [2.24, 2.45) is 0 Å². The van der Waals surface area contributed by atoms with Crippen molar-refractivity contribution in [1.82, 2.24) is 0 Å². The van der Waals surface area contributed by atoms with Crippen LogP contribution < -0.4 is 15.6 Å². The van der Waals surface area contributed by atoms with Gasteiger partial charge in [-0.15, -0.1) is 0 Å². The Hall–Kier alpha value is -5.44. The Labute approximate surface area is 384 Å². The lowest BCUT2D eigenvalue weighted by Crippen LogP contribution is -2.37. The molecule has 0 fully saturated rings. The predicted molar refractivity (Wildman–Crippen MR) is 263 cm³/mol. The van der Waals surface area contributed by atoms with Crippen molar-refractivity contribution in [3.63, 3.8) is 0 Å². The second-order valence-electron chi connectivity index (χ2n) is 20.0. The summed E-state index contributed by atoms with van der Waals surface area (Å²) in [4.78, 5) is 0. The summed E-state index contributed by atoms with van der Waals surface area (Å²) in [6.07, 6.45) is -14.0. The van der Waals surface area contributed by atoms with E-state index in [9.17, 15) is 39.5 Å². The minimum atomic E-state index is -4.66. The van der Waals surface area contributed by atoms with Gasteiger partial charge in [0.15, 0.2) is 0 Å². The molecule has 0 aliphatic heterocycles. The van der Waals surface area contributed by atoms with Crippen molar-refractivity contribution in [2.45, 2.75) is 77.5 Å². The second-order valence-corrected chi connectivity index (χ2v) is 35.2. The van der Waals surface area contributed by atoms with E-state index in [1.165, 1.54) is 36.4 Å². The van der Waals surface area contributed by atoms with Crippen molar-refractivity contribution < 1.29 is 39.5 Å². The summed E-state index contributed by atoms with van der Waals surface area (Å²) in [7, 11) is -5.66. The van der Waals surface area contributed by atoms with Crippen LogP contribution in [-0.4, -0.2) is 24.2 Å². The Morgan fingerprint density at radius 3 is 0.485 bits per heavy atom. The molecule has 0 aliphatic rings. The van der Waals surface area contributed by atoms with Gasteiger partial charge in [0, 0.05) is 0 Å². The van der Waals surface area contributed by atoms with Gasteiger partial charge in [-0.25, -0.2) is 0 Å². The summed E-state index contributed by atoms with van der Waals surface area (Å²) < 4.78 is 128. The average molecular weight is 955 g/mol. The third kappa shape index (κ3) is 10.1. The normalized spacial score (nSPS) is 13.0. The molecule has 7 rings (SSSR count). The van der Waals surface area contributed by atoms with Gasteiger partial charge in [-0.2, -0.15) is 39.5 Å². The van der Waals surface area contributed by atoms with Gasteiger partial charge in [0.2, 0.25) is 0 Å². The molecule has 12 heteroatoms. The van der Waals surface area contributed by atoms with E-state index < -0.39 is 59.4 Å². The molecule has 0 aromatic heterocycles. The summed E-state index contributed by atoms with van der Waals surface area (Å²) in [6, 6.07) is 38.3. The highest BCUT2D eigenvalue weighted by Crippen LogP contribution is 2.56. The molecule has 0 spiro atoms. The summed E-state index contributed by atoms with van der Waals surface area (Å²) in [5.41, 5.74) is 3.49. The third-order valence-electron chi connectivity index (χ3n) is 12.1. The second kappa shape index (κ2) is 17.3. The zero-order valence-corrected chi connectivity index (χ0v) is 41.3. The number of alkyl halides is 9. The zero-order valence-electron chi connectivity index (χ0n) is 38.3. The highest BCUT2D eigenvalue weighted by molar-refractivity contribution is 6.89. The molecule has 0 radical (unpaired) electrons. The van der Waals surface area contributed by atoms with Crippen LogP contribution in [0.5, 0.6) is 0 Å². The Kier molecular flexibility index (Phi) is 12.7. The molecule has 7 aromatic rings.